The highest BCUT2D eigenvalue weighted by atomic mass is 16.5. The normalized spacial score (nSPS) is 14.9. The summed E-state index contributed by atoms with van der Waals surface area (Å²) in [6, 6.07) is 53.3. The third-order valence-corrected chi connectivity index (χ3v) is 18.0. The average Bonchev–Trinajstić information content (AvgIpc) is 0.858. The lowest BCUT2D eigenvalue weighted by atomic mass is 9.83. The minimum Gasteiger partial charge on any atom is -0.379 e. The first-order valence-electron chi connectivity index (χ1n) is 36.1. The second kappa shape index (κ2) is 45.0. The maximum Gasteiger partial charge on any atom is 0.0594 e. The zero-order valence-corrected chi connectivity index (χ0v) is 64.8. The zero-order chi connectivity index (χ0) is 70.6. The van der Waals surface area contributed by atoms with Gasteiger partial charge in [0.15, 0.2) is 0 Å². The molecule has 3 aliphatic rings. The van der Waals surface area contributed by atoms with Crippen molar-refractivity contribution in [1.29, 1.82) is 0 Å². The van der Waals surface area contributed by atoms with E-state index in [9.17, 15) is 0 Å². The second-order valence-corrected chi connectivity index (χ2v) is 33.4. The maximum atomic E-state index is 5.39. The quantitative estimate of drug-likeness (QED) is 0.105. The summed E-state index contributed by atoms with van der Waals surface area (Å²) in [5, 5.41) is 6.36. The predicted molar refractivity (Wildman–Crippen MR) is 442 cm³/mol. The SMILES string of the molecule is C.C.C.C.C=C1CCCN(Cc2cccc(C(C)(C)C)c2)C1.CC(C)(C)c1ccccc1CN1CCOCC1.CCCN(C)Cc1cccc(C(C)(C)C)c1.CN1CCN(Cc2ccc(C(C)(C)C)cc2)CC1.CNCc1cccc(C(C)(C)C)c1.CNCc1ccccc1C(C)(C)C. The van der Waals surface area contributed by atoms with Crippen molar-refractivity contribution in [1.82, 2.24) is 35.1 Å². The Hall–Kier alpha value is -5.26. The molecule has 8 heteroatoms. The first-order valence-corrected chi connectivity index (χ1v) is 36.1. The van der Waals surface area contributed by atoms with Crippen molar-refractivity contribution in [2.24, 2.45) is 0 Å². The van der Waals surface area contributed by atoms with Gasteiger partial charge in [-0.1, -0.05) is 319 Å². The summed E-state index contributed by atoms with van der Waals surface area (Å²) in [4.78, 5) is 12.3. The fourth-order valence-electron chi connectivity index (χ4n) is 12.2. The molecule has 3 aliphatic heterocycles. The van der Waals surface area contributed by atoms with Crippen LogP contribution in [0.1, 0.15) is 247 Å². The van der Waals surface area contributed by atoms with Gasteiger partial charge in [0.1, 0.15) is 0 Å². The molecule has 0 unspecified atom stereocenters. The van der Waals surface area contributed by atoms with E-state index in [0.29, 0.717) is 0 Å². The fourth-order valence-corrected chi connectivity index (χ4v) is 12.2. The van der Waals surface area contributed by atoms with E-state index in [-0.39, 0.29) is 62.2 Å². The Labute approximate surface area is 613 Å². The molecule has 9 rings (SSSR count). The number of nitrogens with one attached hydrogen (secondary N) is 2. The summed E-state index contributed by atoms with van der Waals surface area (Å²) in [7, 11) is 8.35. The van der Waals surface area contributed by atoms with E-state index in [2.05, 4.69) is 333 Å². The molecule has 8 nitrogen and oxygen atoms in total. The Kier molecular flexibility index (Phi) is 42.6. The number of piperazine rings is 1. The number of likely N-dealkylation sites (N-methyl/N-ethyl adjacent to an activating group) is 1. The van der Waals surface area contributed by atoms with Crippen LogP contribution < -0.4 is 10.6 Å². The Morgan fingerprint density at radius 3 is 1.31 bits per heavy atom. The van der Waals surface area contributed by atoms with E-state index >= 15 is 0 Å². The van der Waals surface area contributed by atoms with Crippen molar-refractivity contribution < 1.29 is 4.74 Å². The fraction of sp³-hybridized carbons (Fsp3) is 0.582. The highest BCUT2D eigenvalue weighted by Crippen LogP contribution is 2.30. The van der Waals surface area contributed by atoms with Crippen LogP contribution >= 0.6 is 0 Å². The Balaban J connectivity index is 0.00000116. The molecule has 3 fully saturated rings. The smallest absolute Gasteiger partial charge is 0.0594 e. The van der Waals surface area contributed by atoms with Crippen molar-refractivity contribution >= 4 is 0 Å². The van der Waals surface area contributed by atoms with E-state index in [4.69, 9.17) is 4.74 Å². The van der Waals surface area contributed by atoms with Crippen LogP contribution in [0.15, 0.2) is 158 Å². The second-order valence-electron chi connectivity index (χ2n) is 33.4. The van der Waals surface area contributed by atoms with E-state index in [1.165, 1.54) is 131 Å². The molecule has 0 radical (unpaired) electrons. The van der Waals surface area contributed by atoms with Crippen LogP contribution in [0.25, 0.3) is 0 Å². The molecular formula is C91H153N7O. The monoisotopic (exact) mass is 1360 g/mol. The number of hydrogen-bond acceptors (Lipinski definition) is 8. The van der Waals surface area contributed by atoms with Crippen LogP contribution in [0.3, 0.4) is 0 Å². The van der Waals surface area contributed by atoms with Gasteiger partial charge in [0.25, 0.3) is 0 Å². The topological polar surface area (TPSA) is 49.5 Å². The lowest BCUT2D eigenvalue weighted by molar-refractivity contribution is 0.0340. The van der Waals surface area contributed by atoms with E-state index < -0.39 is 0 Å². The molecule has 0 atom stereocenters. The third kappa shape index (κ3) is 36.0. The molecule has 3 saturated heterocycles. The van der Waals surface area contributed by atoms with Gasteiger partial charge >= 0.3 is 0 Å². The average molecular weight is 1360 g/mol. The lowest BCUT2D eigenvalue weighted by Gasteiger charge is -2.32. The van der Waals surface area contributed by atoms with Gasteiger partial charge in [0, 0.05) is 85.1 Å². The van der Waals surface area contributed by atoms with Crippen molar-refractivity contribution in [2.45, 2.75) is 252 Å². The van der Waals surface area contributed by atoms with Gasteiger partial charge < -0.3 is 25.2 Å². The van der Waals surface area contributed by atoms with Gasteiger partial charge in [0.2, 0.25) is 0 Å². The van der Waals surface area contributed by atoms with Crippen LogP contribution in [0.5, 0.6) is 0 Å². The Bertz CT molecular complexity index is 3100. The molecule has 3 heterocycles. The number of piperidine rings is 1. The van der Waals surface area contributed by atoms with E-state index in [1.54, 1.807) is 0 Å². The molecule has 2 N–H and O–H groups in total. The number of hydrogen-bond donors (Lipinski definition) is 2. The van der Waals surface area contributed by atoms with Crippen molar-refractivity contribution in [3.8, 4) is 0 Å². The first kappa shape index (κ1) is 93.7. The summed E-state index contributed by atoms with van der Waals surface area (Å²) in [5.41, 5.74) is 19.9. The van der Waals surface area contributed by atoms with Crippen LogP contribution in [0.4, 0.5) is 0 Å². The van der Waals surface area contributed by atoms with Crippen molar-refractivity contribution in [3.05, 3.63) is 225 Å². The van der Waals surface area contributed by atoms with Gasteiger partial charge in [-0.2, -0.15) is 0 Å². The summed E-state index contributed by atoms with van der Waals surface area (Å²) in [6.45, 7) is 65.3. The van der Waals surface area contributed by atoms with Crippen LogP contribution in [-0.2, 0) is 76.5 Å². The largest absolute Gasteiger partial charge is 0.379 e. The minimum atomic E-state index is 0. The number of ether oxygens (including phenoxy) is 1. The predicted octanol–water partition coefficient (Wildman–Crippen LogP) is 21.5. The van der Waals surface area contributed by atoms with Crippen LogP contribution in [0, 0.1) is 0 Å². The number of benzene rings is 6. The maximum absolute atomic E-state index is 5.39. The Morgan fingerprint density at radius 2 is 0.848 bits per heavy atom. The molecule has 6 aromatic carbocycles. The van der Waals surface area contributed by atoms with Gasteiger partial charge in [-0.05, 0) is 160 Å². The Morgan fingerprint density at radius 1 is 0.424 bits per heavy atom. The van der Waals surface area contributed by atoms with Gasteiger partial charge in [-0.15, -0.1) is 0 Å². The van der Waals surface area contributed by atoms with E-state index in [1.807, 2.05) is 14.1 Å². The van der Waals surface area contributed by atoms with Crippen molar-refractivity contribution in [2.75, 3.05) is 100 Å². The molecule has 0 aliphatic carbocycles. The highest BCUT2D eigenvalue weighted by Gasteiger charge is 2.22. The lowest BCUT2D eigenvalue weighted by Crippen LogP contribution is -2.43. The molecule has 558 valence electrons. The molecule has 0 saturated carbocycles. The number of rotatable bonds is 14. The van der Waals surface area contributed by atoms with Crippen LogP contribution in [0.2, 0.25) is 0 Å². The molecular weight excluding hydrogens is 1210 g/mol. The number of likely N-dealkylation sites (tertiary alicyclic amines) is 1. The van der Waals surface area contributed by atoms with Crippen molar-refractivity contribution in [3.63, 3.8) is 0 Å². The standard InChI is InChI=1S/C17H25N.C16H26N2.C15H23NO.C15H25N.2C12H19N.4CH4/c1-14-7-6-10-18(12-14)13-15-8-5-9-16(11-15)17(2,3)4;1-16(2,3)15-7-5-14(6-8-15)13-18-11-9-17(4)10-12-18;1-15(2,3)14-7-5-4-6-13(14)12-16-8-10-17-11-9-16;1-6-10-16(5)12-13-8-7-9-14(11-13)15(2,3)4;1-12(2,3)11-7-5-6-10(8-11)9-13-4;1-12(2,3)11-8-6-5-7-10(11)9-13-4;;;;/h5,8-9,11H,1,6-7,10,12-13H2,2-4H3;5-8H,9-13H2,1-4H3;4-7H,8-12H2,1-3H3;7-9,11H,6,10,12H2,1-5H3;2*5-8,13H,9H2,1-4H3;4*1H4. The molecule has 0 spiro atoms. The zero-order valence-electron chi connectivity index (χ0n) is 64.8. The number of morpholine rings is 1. The summed E-state index contributed by atoms with van der Waals surface area (Å²) >= 11 is 0. The van der Waals surface area contributed by atoms with Gasteiger partial charge in [-0.3, -0.25) is 14.7 Å². The molecule has 99 heavy (non-hydrogen) atoms. The molecule has 0 aromatic heterocycles. The summed E-state index contributed by atoms with van der Waals surface area (Å²) in [5.74, 6) is 0. The highest BCUT2D eigenvalue weighted by molar-refractivity contribution is 5.35. The minimum absolute atomic E-state index is 0. The summed E-state index contributed by atoms with van der Waals surface area (Å²) < 4.78 is 5.39. The van der Waals surface area contributed by atoms with Gasteiger partial charge in [-0.25, -0.2) is 0 Å². The molecule has 0 bridgehead atoms. The number of nitrogens with zero attached hydrogens (tertiary/aromatic N) is 5. The summed E-state index contributed by atoms with van der Waals surface area (Å²) in [6.07, 6.45) is 3.69. The van der Waals surface area contributed by atoms with E-state index in [0.717, 1.165) is 72.1 Å². The van der Waals surface area contributed by atoms with Gasteiger partial charge in [0.05, 0.1) is 13.2 Å². The first-order chi connectivity index (χ1) is 44.5. The third-order valence-electron chi connectivity index (χ3n) is 18.0. The van der Waals surface area contributed by atoms with Crippen LogP contribution in [-0.4, -0.2) is 125 Å². The molecule has 6 aromatic rings. The molecule has 0 amide bonds.